The Labute approximate surface area is 155 Å². The normalized spacial score (nSPS) is 17.6. The monoisotopic (exact) mass is 368 g/mol. The van der Waals surface area contributed by atoms with E-state index in [4.69, 9.17) is 5.73 Å². The summed E-state index contributed by atoms with van der Waals surface area (Å²) < 4.78 is 13.7. The van der Waals surface area contributed by atoms with Crippen LogP contribution >= 0.6 is 0 Å². The Bertz CT molecular complexity index is 984. The number of aliphatic hydroxyl groups excluding tert-OH is 1. The molecule has 1 amide bonds. The SMILES string of the molecule is NC(=O)c1cc(F)cc2[nH]c(-c3ccc(CN4CCC[C@@H]4CO)cc3)nc12. The molecule has 6 nitrogen and oxygen atoms in total. The molecule has 2 aromatic carbocycles. The van der Waals surface area contributed by atoms with E-state index in [1.54, 1.807) is 0 Å². The number of carbonyl (C=O) groups is 1. The zero-order chi connectivity index (χ0) is 19.0. The third kappa shape index (κ3) is 3.43. The number of nitrogens with one attached hydrogen (secondary N) is 1. The van der Waals surface area contributed by atoms with Gasteiger partial charge in [0.15, 0.2) is 0 Å². The fourth-order valence-corrected chi connectivity index (χ4v) is 3.72. The molecule has 7 heteroatoms. The average Bonchev–Trinajstić information content (AvgIpc) is 3.27. The molecule has 0 saturated carbocycles. The van der Waals surface area contributed by atoms with Gasteiger partial charge >= 0.3 is 0 Å². The topological polar surface area (TPSA) is 95.2 Å². The number of carbonyl (C=O) groups excluding carboxylic acids is 1. The molecule has 1 saturated heterocycles. The van der Waals surface area contributed by atoms with Gasteiger partial charge in [-0.15, -0.1) is 0 Å². The summed E-state index contributed by atoms with van der Waals surface area (Å²) in [7, 11) is 0. The van der Waals surface area contributed by atoms with Crippen molar-refractivity contribution < 1.29 is 14.3 Å². The Kier molecular flexibility index (Phi) is 4.63. The second-order valence-corrected chi connectivity index (χ2v) is 6.95. The van der Waals surface area contributed by atoms with Crippen LogP contribution in [0, 0.1) is 5.82 Å². The van der Waals surface area contributed by atoms with Gasteiger partial charge in [0, 0.05) is 18.2 Å². The maximum atomic E-state index is 13.7. The minimum atomic E-state index is -0.711. The van der Waals surface area contributed by atoms with Crippen molar-refractivity contribution in [2.45, 2.75) is 25.4 Å². The van der Waals surface area contributed by atoms with E-state index in [0.29, 0.717) is 16.9 Å². The number of fused-ring (bicyclic) bond motifs is 1. The zero-order valence-corrected chi connectivity index (χ0v) is 14.8. The first-order valence-electron chi connectivity index (χ1n) is 8.98. The number of aromatic nitrogens is 2. The molecule has 1 aliphatic rings. The molecule has 1 aromatic heterocycles. The molecule has 0 radical (unpaired) electrons. The third-order valence-electron chi connectivity index (χ3n) is 5.14. The van der Waals surface area contributed by atoms with Gasteiger partial charge in [-0.05, 0) is 37.1 Å². The highest BCUT2D eigenvalue weighted by atomic mass is 19.1. The summed E-state index contributed by atoms with van der Waals surface area (Å²) >= 11 is 0. The summed E-state index contributed by atoms with van der Waals surface area (Å²) in [6, 6.07) is 10.6. The van der Waals surface area contributed by atoms with Crippen molar-refractivity contribution in [2.24, 2.45) is 5.73 Å². The summed E-state index contributed by atoms with van der Waals surface area (Å²) in [4.78, 5) is 21.3. The van der Waals surface area contributed by atoms with Crippen molar-refractivity contribution in [1.29, 1.82) is 0 Å². The molecule has 3 aromatic rings. The van der Waals surface area contributed by atoms with Crippen LogP contribution < -0.4 is 5.73 Å². The second-order valence-electron chi connectivity index (χ2n) is 6.95. The van der Waals surface area contributed by atoms with Gasteiger partial charge in [-0.25, -0.2) is 9.37 Å². The summed E-state index contributed by atoms with van der Waals surface area (Å²) in [5.41, 5.74) is 8.19. The molecule has 140 valence electrons. The molecule has 0 aliphatic carbocycles. The number of nitrogens with two attached hydrogens (primary N) is 1. The number of hydrogen-bond donors (Lipinski definition) is 3. The van der Waals surface area contributed by atoms with Gasteiger partial charge in [-0.2, -0.15) is 0 Å². The van der Waals surface area contributed by atoms with Gasteiger partial charge in [-0.3, -0.25) is 9.69 Å². The second kappa shape index (κ2) is 7.09. The lowest BCUT2D eigenvalue weighted by Crippen LogP contribution is -2.31. The van der Waals surface area contributed by atoms with Crippen molar-refractivity contribution in [2.75, 3.05) is 13.2 Å². The number of benzene rings is 2. The maximum Gasteiger partial charge on any atom is 0.251 e. The van der Waals surface area contributed by atoms with Gasteiger partial charge in [0.2, 0.25) is 0 Å². The first-order chi connectivity index (χ1) is 13.0. The van der Waals surface area contributed by atoms with E-state index in [9.17, 15) is 14.3 Å². The number of amides is 1. The van der Waals surface area contributed by atoms with Crippen LogP contribution in [0.4, 0.5) is 4.39 Å². The largest absolute Gasteiger partial charge is 0.395 e. The van der Waals surface area contributed by atoms with Crippen LogP contribution in [0.5, 0.6) is 0 Å². The molecule has 0 spiro atoms. The van der Waals surface area contributed by atoms with Crippen molar-refractivity contribution in [3.63, 3.8) is 0 Å². The van der Waals surface area contributed by atoms with Crippen molar-refractivity contribution in [3.8, 4) is 11.4 Å². The van der Waals surface area contributed by atoms with E-state index in [1.165, 1.54) is 6.07 Å². The number of hydrogen-bond acceptors (Lipinski definition) is 4. The molecule has 4 N–H and O–H groups in total. The highest BCUT2D eigenvalue weighted by Crippen LogP contribution is 2.25. The van der Waals surface area contributed by atoms with Crippen LogP contribution in [-0.2, 0) is 6.54 Å². The van der Waals surface area contributed by atoms with Crippen LogP contribution in [0.2, 0.25) is 0 Å². The quantitative estimate of drug-likeness (QED) is 0.644. The lowest BCUT2D eigenvalue weighted by molar-refractivity contribution is 0.100. The van der Waals surface area contributed by atoms with Crippen molar-refractivity contribution in [1.82, 2.24) is 14.9 Å². The number of halogens is 1. The molecule has 2 heterocycles. The molecule has 27 heavy (non-hydrogen) atoms. The highest BCUT2D eigenvalue weighted by Gasteiger charge is 2.23. The van der Waals surface area contributed by atoms with E-state index in [0.717, 1.165) is 43.1 Å². The maximum absolute atomic E-state index is 13.7. The van der Waals surface area contributed by atoms with Gasteiger partial charge in [0.25, 0.3) is 5.91 Å². The zero-order valence-electron chi connectivity index (χ0n) is 14.8. The van der Waals surface area contributed by atoms with Crippen LogP contribution in [0.25, 0.3) is 22.4 Å². The number of likely N-dealkylation sites (tertiary alicyclic amines) is 1. The van der Waals surface area contributed by atoms with Crippen molar-refractivity contribution >= 4 is 16.9 Å². The Hall–Kier alpha value is -2.77. The predicted molar refractivity (Wildman–Crippen MR) is 101 cm³/mol. The smallest absolute Gasteiger partial charge is 0.251 e. The summed E-state index contributed by atoms with van der Waals surface area (Å²) in [5.74, 6) is -0.693. The number of rotatable bonds is 5. The van der Waals surface area contributed by atoms with Gasteiger partial charge in [0.05, 0.1) is 17.7 Å². The number of primary amides is 1. The van der Waals surface area contributed by atoms with E-state index < -0.39 is 11.7 Å². The lowest BCUT2D eigenvalue weighted by Gasteiger charge is -2.22. The third-order valence-corrected chi connectivity index (χ3v) is 5.14. The van der Waals surface area contributed by atoms with Crippen LogP contribution in [0.15, 0.2) is 36.4 Å². The van der Waals surface area contributed by atoms with Crippen LogP contribution in [0.3, 0.4) is 0 Å². The van der Waals surface area contributed by atoms with Gasteiger partial charge in [0.1, 0.15) is 17.2 Å². The Morgan fingerprint density at radius 2 is 2.11 bits per heavy atom. The lowest BCUT2D eigenvalue weighted by atomic mass is 10.1. The number of aromatic amines is 1. The Morgan fingerprint density at radius 1 is 1.33 bits per heavy atom. The molecule has 1 fully saturated rings. The van der Waals surface area contributed by atoms with E-state index in [2.05, 4.69) is 14.9 Å². The number of H-pyrrole nitrogens is 1. The van der Waals surface area contributed by atoms with E-state index >= 15 is 0 Å². The standard InChI is InChI=1S/C20H21FN4O2/c21-14-8-16(19(22)27)18-17(9-14)23-20(24-18)13-5-3-12(4-6-13)10-25-7-1-2-15(25)11-26/h3-6,8-9,15,26H,1-2,7,10-11H2,(H2,22,27)(H,23,24)/t15-/m1/s1. The number of imidazole rings is 1. The van der Waals surface area contributed by atoms with Gasteiger partial charge in [-0.1, -0.05) is 24.3 Å². The Balaban J connectivity index is 1.60. The number of nitrogens with zero attached hydrogens (tertiary/aromatic N) is 2. The summed E-state index contributed by atoms with van der Waals surface area (Å²) in [6.07, 6.45) is 2.15. The fraction of sp³-hybridized carbons (Fsp3) is 0.300. The minimum Gasteiger partial charge on any atom is -0.395 e. The molecular formula is C20H21FN4O2. The first kappa shape index (κ1) is 17.6. The Morgan fingerprint density at radius 3 is 2.81 bits per heavy atom. The summed E-state index contributed by atoms with van der Waals surface area (Å²) in [5, 5.41) is 9.44. The van der Waals surface area contributed by atoms with Crippen LogP contribution in [-0.4, -0.2) is 45.1 Å². The van der Waals surface area contributed by atoms with Crippen LogP contribution in [0.1, 0.15) is 28.8 Å². The molecule has 1 aliphatic heterocycles. The van der Waals surface area contributed by atoms with E-state index in [1.807, 2.05) is 24.3 Å². The molecular weight excluding hydrogens is 347 g/mol. The minimum absolute atomic E-state index is 0.0631. The van der Waals surface area contributed by atoms with Gasteiger partial charge < -0.3 is 15.8 Å². The first-order valence-corrected chi connectivity index (χ1v) is 8.98. The predicted octanol–water partition coefficient (Wildman–Crippen LogP) is 2.42. The summed E-state index contributed by atoms with van der Waals surface area (Å²) in [6.45, 7) is 1.98. The van der Waals surface area contributed by atoms with Crippen molar-refractivity contribution in [3.05, 3.63) is 53.3 Å². The molecule has 1 atom stereocenters. The molecule has 0 bridgehead atoms. The van der Waals surface area contributed by atoms with E-state index in [-0.39, 0.29) is 18.2 Å². The molecule has 4 rings (SSSR count). The fourth-order valence-electron chi connectivity index (χ4n) is 3.72. The molecule has 0 unspecified atom stereocenters. The highest BCUT2D eigenvalue weighted by molar-refractivity contribution is 6.04. The number of aliphatic hydroxyl groups is 1. The average molecular weight is 368 g/mol.